The third-order valence-corrected chi connectivity index (χ3v) is 5.02. The molecular weight excluding hydrogens is 334 g/mol. The molecule has 0 aromatic carbocycles. The number of morpholine rings is 1. The van der Waals surface area contributed by atoms with E-state index in [1.165, 1.54) is 4.68 Å². The van der Waals surface area contributed by atoms with Gasteiger partial charge < -0.3 is 14.5 Å². The highest BCUT2D eigenvalue weighted by atomic mass is 16.5. The van der Waals surface area contributed by atoms with E-state index in [2.05, 4.69) is 22.2 Å². The summed E-state index contributed by atoms with van der Waals surface area (Å²) in [6.45, 7) is 8.39. The highest BCUT2D eigenvalue weighted by molar-refractivity contribution is 5.81. The summed E-state index contributed by atoms with van der Waals surface area (Å²) < 4.78 is 14.0. The molecule has 0 bridgehead atoms. The molecule has 1 atom stereocenters. The number of aryl methyl sites for hydroxylation is 1. The fourth-order valence-electron chi connectivity index (χ4n) is 3.40. The maximum absolute atomic E-state index is 12.6. The highest BCUT2D eigenvalue weighted by Gasteiger charge is 2.12. The Bertz CT molecular complexity index is 922. The molecule has 26 heavy (non-hydrogen) atoms. The van der Waals surface area contributed by atoms with Crippen molar-refractivity contribution in [1.29, 1.82) is 0 Å². The highest BCUT2D eigenvalue weighted by Crippen LogP contribution is 2.18. The third-order valence-electron chi connectivity index (χ3n) is 5.02. The van der Waals surface area contributed by atoms with Crippen LogP contribution in [0, 0.1) is 0 Å². The van der Waals surface area contributed by atoms with E-state index in [0.717, 1.165) is 51.3 Å². The van der Waals surface area contributed by atoms with Crippen LogP contribution in [0.1, 0.15) is 13.3 Å². The van der Waals surface area contributed by atoms with E-state index >= 15 is 0 Å². The van der Waals surface area contributed by atoms with Gasteiger partial charge in [-0.05, 0) is 13.3 Å². The quantitative estimate of drug-likeness (QED) is 0.677. The number of furan rings is 1. The van der Waals surface area contributed by atoms with E-state index in [4.69, 9.17) is 9.15 Å². The first-order chi connectivity index (χ1) is 12.7. The van der Waals surface area contributed by atoms with Crippen LogP contribution in [0.5, 0.6) is 0 Å². The minimum absolute atomic E-state index is 0.0839. The normalized spacial score (nSPS) is 17.3. The Hall–Kier alpha value is -2.16. The van der Waals surface area contributed by atoms with E-state index in [1.807, 2.05) is 6.07 Å². The molecular formula is C18H25N5O3. The first-order valence-electron chi connectivity index (χ1n) is 9.20. The smallest absolute Gasteiger partial charge is 0.291 e. The Balaban J connectivity index is 1.32. The summed E-state index contributed by atoms with van der Waals surface area (Å²) in [7, 11) is 0. The van der Waals surface area contributed by atoms with Crippen LogP contribution in [-0.2, 0) is 11.3 Å². The van der Waals surface area contributed by atoms with Crippen molar-refractivity contribution in [2.75, 3.05) is 39.4 Å². The van der Waals surface area contributed by atoms with Gasteiger partial charge in [0.1, 0.15) is 11.8 Å². The predicted octanol–water partition coefficient (Wildman–Crippen LogP) is 0.943. The van der Waals surface area contributed by atoms with Gasteiger partial charge in [-0.15, -0.1) is 0 Å². The Morgan fingerprint density at radius 1 is 1.27 bits per heavy atom. The molecule has 1 fully saturated rings. The molecule has 0 aliphatic carbocycles. The van der Waals surface area contributed by atoms with Crippen molar-refractivity contribution < 1.29 is 9.15 Å². The fourth-order valence-corrected chi connectivity index (χ4v) is 3.40. The minimum Gasteiger partial charge on any atom is -0.463 e. The second-order valence-electron chi connectivity index (χ2n) is 6.83. The SMILES string of the molecule is CC(CCn1ncn2c(cc3occc32)c1=O)NCCN1CCOCC1. The maximum atomic E-state index is 12.6. The molecule has 0 saturated carbocycles. The van der Waals surface area contributed by atoms with Crippen LogP contribution in [-0.4, -0.2) is 64.5 Å². The van der Waals surface area contributed by atoms with Crippen LogP contribution in [0.25, 0.3) is 16.6 Å². The molecule has 8 nitrogen and oxygen atoms in total. The molecule has 0 amide bonds. The van der Waals surface area contributed by atoms with Crippen molar-refractivity contribution >= 4 is 16.6 Å². The molecule has 1 aliphatic rings. The molecule has 0 spiro atoms. The number of fused-ring (bicyclic) bond motifs is 3. The first kappa shape index (κ1) is 17.3. The minimum atomic E-state index is -0.0839. The average Bonchev–Trinajstić information content (AvgIpc) is 3.24. The van der Waals surface area contributed by atoms with Gasteiger partial charge in [0.05, 0.1) is 25.0 Å². The lowest BCUT2D eigenvalue weighted by Crippen LogP contribution is -2.42. The Labute approximate surface area is 151 Å². The van der Waals surface area contributed by atoms with Crippen LogP contribution in [0.4, 0.5) is 0 Å². The standard InChI is InChI=1S/C18H25N5O3/c1-14(19-4-6-21-7-10-25-11-8-21)2-5-23-18(24)16-12-17-15(3-9-26-17)22(16)13-20-23/h3,9,12-14,19H,2,4-8,10-11H2,1H3. The van der Waals surface area contributed by atoms with Gasteiger partial charge in [0.2, 0.25) is 0 Å². The molecule has 4 rings (SSSR count). The Morgan fingerprint density at radius 2 is 2.12 bits per heavy atom. The summed E-state index contributed by atoms with van der Waals surface area (Å²) in [5.74, 6) is 0. The maximum Gasteiger partial charge on any atom is 0.291 e. The van der Waals surface area contributed by atoms with E-state index in [1.54, 1.807) is 23.1 Å². The van der Waals surface area contributed by atoms with Crippen molar-refractivity contribution in [3.8, 4) is 0 Å². The van der Waals surface area contributed by atoms with Crippen molar-refractivity contribution in [3.63, 3.8) is 0 Å². The topological polar surface area (TPSA) is 76.9 Å². The lowest BCUT2D eigenvalue weighted by atomic mass is 10.2. The zero-order valence-electron chi connectivity index (χ0n) is 15.1. The van der Waals surface area contributed by atoms with Gasteiger partial charge in [-0.3, -0.25) is 14.1 Å². The Kier molecular flexibility index (Phi) is 5.05. The van der Waals surface area contributed by atoms with Crippen molar-refractivity contribution in [1.82, 2.24) is 24.4 Å². The largest absolute Gasteiger partial charge is 0.463 e. The summed E-state index contributed by atoms with van der Waals surface area (Å²) in [5, 5.41) is 7.84. The molecule has 140 valence electrons. The number of hydrogen-bond donors (Lipinski definition) is 1. The zero-order valence-corrected chi connectivity index (χ0v) is 15.1. The zero-order chi connectivity index (χ0) is 17.9. The number of ether oxygens (including phenoxy) is 1. The first-order valence-corrected chi connectivity index (χ1v) is 9.20. The van der Waals surface area contributed by atoms with Crippen LogP contribution in [0.2, 0.25) is 0 Å². The second kappa shape index (κ2) is 7.61. The monoisotopic (exact) mass is 359 g/mol. The van der Waals surface area contributed by atoms with Crippen LogP contribution >= 0.6 is 0 Å². The molecule has 1 aliphatic heterocycles. The van der Waals surface area contributed by atoms with Gasteiger partial charge >= 0.3 is 0 Å². The van der Waals surface area contributed by atoms with Gasteiger partial charge in [-0.1, -0.05) is 0 Å². The summed E-state index contributed by atoms with van der Waals surface area (Å²) in [4.78, 5) is 15.0. The van der Waals surface area contributed by atoms with E-state index in [-0.39, 0.29) is 5.56 Å². The number of aromatic nitrogens is 3. The van der Waals surface area contributed by atoms with Crippen molar-refractivity contribution in [3.05, 3.63) is 35.1 Å². The Morgan fingerprint density at radius 3 is 2.96 bits per heavy atom. The molecule has 0 radical (unpaired) electrons. The third kappa shape index (κ3) is 3.53. The van der Waals surface area contributed by atoms with Gasteiger partial charge in [-0.2, -0.15) is 5.10 Å². The second-order valence-corrected chi connectivity index (χ2v) is 6.83. The average molecular weight is 359 g/mol. The molecule has 3 aromatic heterocycles. The number of nitrogens with one attached hydrogen (secondary N) is 1. The van der Waals surface area contributed by atoms with Crippen LogP contribution in [0.3, 0.4) is 0 Å². The summed E-state index contributed by atoms with van der Waals surface area (Å²) in [6.07, 6.45) is 4.15. The van der Waals surface area contributed by atoms with Crippen LogP contribution < -0.4 is 10.9 Å². The van der Waals surface area contributed by atoms with Gasteiger partial charge in [0.15, 0.2) is 5.58 Å². The number of rotatable bonds is 7. The lowest BCUT2D eigenvalue weighted by Gasteiger charge is -2.27. The number of nitrogens with zero attached hydrogens (tertiary/aromatic N) is 4. The molecule has 1 N–H and O–H groups in total. The van der Waals surface area contributed by atoms with Gasteiger partial charge in [0, 0.05) is 50.9 Å². The van der Waals surface area contributed by atoms with E-state index < -0.39 is 0 Å². The van der Waals surface area contributed by atoms with Crippen molar-refractivity contribution in [2.45, 2.75) is 25.9 Å². The van der Waals surface area contributed by atoms with Crippen LogP contribution in [0.15, 0.2) is 33.9 Å². The lowest BCUT2D eigenvalue weighted by molar-refractivity contribution is 0.0381. The molecule has 3 aromatic rings. The van der Waals surface area contributed by atoms with Gasteiger partial charge in [-0.25, -0.2) is 4.68 Å². The van der Waals surface area contributed by atoms with E-state index in [9.17, 15) is 4.79 Å². The van der Waals surface area contributed by atoms with Crippen molar-refractivity contribution in [2.24, 2.45) is 0 Å². The number of hydrogen-bond acceptors (Lipinski definition) is 6. The fraction of sp³-hybridized carbons (Fsp3) is 0.556. The molecule has 8 heteroatoms. The van der Waals surface area contributed by atoms with E-state index in [0.29, 0.717) is 23.7 Å². The van der Waals surface area contributed by atoms with Gasteiger partial charge in [0.25, 0.3) is 5.56 Å². The molecule has 1 unspecified atom stereocenters. The summed E-state index contributed by atoms with van der Waals surface area (Å²) in [6, 6.07) is 3.94. The summed E-state index contributed by atoms with van der Waals surface area (Å²) >= 11 is 0. The summed E-state index contributed by atoms with van der Waals surface area (Å²) in [5.41, 5.74) is 2.09. The molecule has 1 saturated heterocycles. The predicted molar refractivity (Wildman–Crippen MR) is 98.6 cm³/mol. The molecule has 4 heterocycles.